The van der Waals surface area contributed by atoms with Gasteiger partial charge in [0.15, 0.2) is 0 Å². The average molecular weight is 473 g/mol. The summed E-state index contributed by atoms with van der Waals surface area (Å²) >= 11 is 0. The van der Waals surface area contributed by atoms with E-state index in [1.165, 1.54) is 55.6 Å². The van der Waals surface area contributed by atoms with Gasteiger partial charge in [-0.15, -0.1) is 0 Å². The molecule has 0 bridgehead atoms. The van der Waals surface area contributed by atoms with Gasteiger partial charge < -0.3 is 0 Å². The quantitative estimate of drug-likeness (QED) is 0.226. The largest absolute Gasteiger partial charge is 0.0622 e. The zero-order valence-electron chi connectivity index (χ0n) is 20.7. The lowest BCUT2D eigenvalue weighted by Crippen LogP contribution is -1.89. The topological polar surface area (TPSA) is 0 Å². The van der Waals surface area contributed by atoms with Gasteiger partial charge >= 0.3 is 0 Å². The van der Waals surface area contributed by atoms with Crippen LogP contribution in [-0.2, 0) is 6.42 Å². The van der Waals surface area contributed by atoms with E-state index in [2.05, 4.69) is 158 Å². The SMILES string of the molecule is c1ccc(-c2ccc(-c3ccc(Cc4ccc(-c5ccc(-c6ccccc6)cc5)cc4)cc3)cc2)cc1. The molecule has 0 heterocycles. The normalized spacial score (nSPS) is 10.8. The monoisotopic (exact) mass is 472 g/mol. The highest BCUT2D eigenvalue weighted by atomic mass is 14.1. The molecule has 6 aromatic carbocycles. The van der Waals surface area contributed by atoms with Gasteiger partial charge in [-0.05, 0) is 62.1 Å². The van der Waals surface area contributed by atoms with E-state index in [9.17, 15) is 0 Å². The number of benzene rings is 6. The molecular formula is C37H28. The highest BCUT2D eigenvalue weighted by molar-refractivity contribution is 5.72. The first-order chi connectivity index (χ1) is 18.3. The third-order valence-electron chi connectivity index (χ3n) is 6.97. The molecule has 37 heavy (non-hydrogen) atoms. The van der Waals surface area contributed by atoms with Crippen LogP contribution in [0.4, 0.5) is 0 Å². The molecule has 0 unspecified atom stereocenters. The van der Waals surface area contributed by atoms with E-state index in [1.54, 1.807) is 0 Å². The van der Waals surface area contributed by atoms with Crippen LogP contribution in [0.3, 0.4) is 0 Å². The molecule has 6 aromatic rings. The maximum atomic E-state index is 2.25. The van der Waals surface area contributed by atoms with Gasteiger partial charge in [-0.3, -0.25) is 0 Å². The Morgan fingerprint density at radius 2 is 0.432 bits per heavy atom. The molecule has 0 saturated heterocycles. The van der Waals surface area contributed by atoms with E-state index in [0.717, 1.165) is 6.42 Å². The minimum absolute atomic E-state index is 0.931. The lowest BCUT2D eigenvalue weighted by molar-refractivity contribution is 1.19. The van der Waals surface area contributed by atoms with Crippen molar-refractivity contribution in [2.75, 3.05) is 0 Å². The van der Waals surface area contributed by atoms with Gasteiger partial charge in [0.2, 0.25) is 0 Å². The first-order valence-corrected chi connectivity index (χ1v) is 12.8. The Morgan fingerprint density at radius 3 is 0.703 bits per heavy atom. The van der Waals surface area contributed by atoms with E-state index in [0.29, 0.717) is 0 Å². The molecule has 0 amide bonds. The van der Waals surface area contributed by atoms with Crippen molar-refractivity contribution in [3.63, 3.8) is 0 Å². The van der Waals surface area contributed by atoms with Gasteiger partial charge in [0.25, 0.3) is 0 Å². The Morgan fingerprint density at radius 1 is 0.216 bits per heavy atom. The van der Waals surface area contributed by atoms with Gasteiger partial charge in [0.05, 0.1) is 0 Å². The van der Waals surface area contributed by atoms with Crippen molar-refractivity contribution < 1.29 is 0 Å². The summed E-state index contributed by atoms with van der Waals surface area (Å²) in [6, 6.07) is 56.6. The first kappa shape index (κ1) is 22.8. The molecule has 0 nitrogen and oxygen atoms in total. The van der Waals surface area contributed by atoms with Crippen LogP contribution in [0.2, 0.25) is 0 Å². The molecule has 0 aliphatic carbocycles. The number of hydrogen-bond acceptors (Lipinski definition) is 0. The zero-order chi connectivity index (χ0) is 24.9. The second-order valence-electron chi connectivity index (χ2n) is 9.46. The van der Waals surface area contributed by atoms with Crippen LogP contribution >= 0.6 is 0 Å². The maximum Gasteiger partial charge on any atom is -0.00258 e. The fourth-order valence-electron chi connectivity index (χ4n) is 4.84. The van der Waals surface area contributed by atoms with Gasteiger partial charge in [0, 0.05) is 0 Å². The molecular weight excluding hydrogens is 444 g/mol. The van der Waals surface area contributed by atoms with Crippen LogP contribution < -0.4 is 0 Å². The predicted octanol–water partition coefficient (Wildman–Crippen LogP) is 9.95. The molecule has 0 N–H and O–H groups in total. The maximum absolute atomic E-state index is 2.25. The summed E-state index contributed by atoms with van der Waals surface area (Å²) in [6.07, 6.45) is 0.931. The fraction of sp³-hybridized carbons (Fsp3) is 0.0270. The second kappa shape index (κ2) is 10.5. The molecule has 0 atom stereocenters. The van der Waals surface area contributed by atoms with Crippen LogP contribution in [0.1, 0.15) is 11.1 Å². The Kier molecular flexibility index (Phi) is 6.47. The van der Waals surface area contributed by atoms with Crippen molar-refractivity contribution in [2.45, 2.75) is 6.42 Å². The van der Waals surface area contributed by atoms with Crippen molar-refractivity contribution >= 4 is 0 Å². The van der Waals surface area contributed by atoms with Crippen molar-refractivity contribution in [3.8, 4) is 44.5 Å². The molecule has 6 rings (SSSR count). The summed E-state index contributed by atoms with van der Waals surface area (Å²) in [7, 11) is 0. The fourth-order valence-corrected chi connectivity index (χ4v) is 4.84. The van der Waals surface area contributed by atoms with E-state index in [4.69, 9.17) is 0 Å². The molecule has 176 valence electrons. The van der Waals surface area contributed by atoms with Gasteiger partial charge in [-0.2, -0.15) is 0 Å². The molecule has 0 spiro atoms. The Bertz CT molecular complexity index is 1430. The van der Waals surface area contributed by atoms with Crippen molar-refractivity contribution in [1.29, 1.82) is 0 Å². The molecule has 0 aliphatic heterocycles. The van der Waals surface area contributed by atoms with Gasteiger partial charge in [-0.1, -0.05) is 158 Å². The number of hydrogen-bond donors (Lipinski definition) is 0. The van der Waals surface area contributed by atoms with Crippen molar-refractivity contribution in [3.05, 3.63) is 169 Å². The summed E-state index contributed by atoms with van der Waals surface area (Å²) in [5.41, 5.74) is 12.6. The minimum Gasteiger partial charge on any atom is -0.0622 e. The molecule has 0 aromatic heterocycles. The van der Waals surface area contributed by atoms with Crippen molar-refractivity contribution in [2.24, 2.45) is 0 Å². The van der Waals surface area contributed by atoms with Gasteiger partial charge in [-0.25, -0.2) is 0 Å². The lowest BCUT2D eigenvalue weighted by atomic mass is 9.97. The highest BCUT2D eigenvalue weighted by Crippen LogP contribution is 2.27. The summed E-state index contributed by atoms with van der Waals surface area (Å²) in [4.78, 5) is 0. The van der Waals surface area contributed by atoms with Crippen LogP contribution in [-0.4, -0.2) is 0 Å². The van der Waals surface area contributed by atoms with Crippen molar-refractivity contribution in [1.82, 2.24) is 0 Å². The zero-order valence-corrected chi connectivity index (χ0v) is 20.7. The van der Waals surface area contributed by atoms with Crippen LogP contribution in [0.25, 0.3) is 44.5 Å². The smallest absolute Gasteiger partial charge is 0.00258 e. The molecule has 0 fully saturated rings. The molecule has 0 radical (unpaired) electrons. The van der Waals surface area contributed by atoms with E-state index >= 15 is 0 Å². The third kappa shape index (κ3) is 5.29. The molecule has 0 aliphatic rings. The lowest BCUT2D eigenvalue weighted by Gasteiger charge is -2.08. The highest BCUT2D eigenvalue weighted by Gasteiger charge is 2.04. The summed E-state index contributed by atoms with van der Waals surface area (Å²) in [5, 5.41) is 0. The third-order valence-corrected chi connectivity index (χ3v) is 6.97. The Balaban J connectivity index is 1.11. The number of rotatable bonds is 6. The predicted molar refractivity (Wildman–Crippen MR) is 157 cm³/mol. The van der Waals surface area contributed by atoms with E-state index in [-0.39, 0.29) is 0 Å². The Hall–Kier alpha value is -4.68. The summed E-state index contributed by atoms with van der Waals surface area (Å²) in [6.45, 7) is 0. The standard InChI is InChI=1S/C37H28/c1-3-7-30(8-4-1)34-19-23-36(24-20-34)32-15-11-28(12-16-32)27-29-13-17-33(18-14-29)37-25-21-35(22-26-37)31-9-5-2-6-10-31/h1-26H,27H2. The minimum atomic E-state index is 0.931. The van der Waals surface area contributed by atoms with Crippen LogP contribution in [0.15, 0.2) is 158 Å². The molecule has 0 saturated carbocycles. The second-order valence-corrected chi connectivity index (χ2v) is 9.46. The van der Waals surface area contributed by atoms with E-state index in [1.807, 2.05) is 0 Å². The summed E-state index contributed by atoms with van der Waals surface area (Å²) in [5.74, 6) is 0. The van der Waals surface area contributed by atoms with Crippen LogP contribution in [0.5, 0.6) is 0 Å². The average Bonchev–Trinajstić information content (AvgIpc) is 2.99. The summed E-state index contributed by atoms with van der Waals surface area (Å²) < 4.78 is 0. The molecule has 0 heteroatoms. The first-order valence-electron chi connectivity index (χ1n) is 12.8. The Labute approximate surface area is 219 Å². The van der Waals surface area contributed by atoms with E-state index < -0.39 is 0 Å². The van der Waals surface area contributed by atoms with Crippen LogP contribution in [0, 0.1) is 0 Å². The van der Waals surface area contributed by atoms with Gasteiger partial charge in [0.1, 0.15) is 0 Å².